The van der Waals surface area contributed by atoms with E-state index in [1.807, 2.05) is 30.3 Å². The van der Waals surface area contributed by atoms with Crippen LogP contribution in [0.1, 0.15) is 0 Å². The second-order valence-electron chi connectivity index (χ2n) is 7.03. The quantitative estimate of drug-likeness (QED) is 0.478. The standard InChI is InChI=1S/C21H23N5O5S2/c1-30-19-8-7-17(33(28,29)25-9-11-31-12-10-25)13-18(19)23-20(27)14-32-21-24-22-15-26(21)16-5-3-2-4-6-16/h2-8,13,15H,9-12,14H2,1H3,(H,23,27). The molecule has 0 radical (unpaired) electrons. The van der Waals surface area contributed by atoms with Gasteiger partial charge in [0.2, 0.25) is 15.9 Å². The molecule has 1 saturated heterocycles. The first-order valence-corrected chi connectivity index (χ1v) is 12.6. The molecule has 0 saturated carbocycles. The normalized spacial score (nSPS) is 14.7. The maximum absolute atomic E-state index is 13.0. The zero-order valence-corrected chi connectivity index (χ0v) is 19.5. The molecule has 12 heteroatoms. The number of para-hydroxylation sites is 1. The molecule has 1 N–H and O–H groups in total. The lowest BCUT2D eigenvalue weighted by Crippen LogP contribution is -2.40. The van der Waals surface area contributed by atoms with E-state index in [1.165, 1.54) is 41.4 Å². The Balaban J connectivity index is 1.47. The van der Waals surface area contributed by atoms with E-state index in [0.29, 0.717) is 24.1 Å². The van der Waals surface area contributed by atoms with Gasteiger partial charge in [0, 0.05) is 18.8 Å². The van der Waals surface area contributed by atoms with E-state index in [-0.39, 0.29) is 35.3 Å². The summed E-state index contributed by atoms with van der Waals surface area (Å²) >= 11 is 1.22. The van der Waals surface area contributed by atoms with Crippen molar-refractivity contribution in [1.82, 2.24) is 19.1 Å². The molecule has 0 aliphatic carbocycles. The molecule has 0 bridgehead atoms. The molecule has 174 valence electrons. The van der Waals surface area contributed by atoms with E-state index >= 15 is 0 Å². The Bertz CT molecular complexity index is 1210. The molecule has 10 nitrogen and oxygen atoms in total. The van der Waals surface area contributed by atoms with Gasteiger partial charge in [-0.2, -0.15) is 4.31 Å². The molecule has 1 amide bonds. The van der Waals surface area contributed by atoms with Gasteiger partial charge in [-0.25, -0.2) is 8.42 Å². The van der Waals surface area contributed by atoms with Crippen LogP contribution in [0.2, 0.25) is 0 Å². The summed E-state index contributed by atoms with van der Waals surface area (Å²) in [6, 6.07) is 14.0. The van der Waals surface area contributed by atoms with Crippen molar-refractivity contribution in [3.8, 4) is 11.4 Å². The highest BCUT2D eigenvalue weighted by Crippen LogP contribution is 2.30. The lowest BCUT2D eigenvalue weighted by atomic mass is 10.3. The van der Waals surface area contributed by atoms with Crippen LogP contribution in [0, 0.1) is 0 Å². The van der Waals surface area contributed by atoms with Crippen LogP contribution >= 0.6 is 11.8 Å². The Hall–Kier alpha value is -2.93. The first-order valence-electron chi connectivity index (χ1n) is 10.1. The number of morpholine rings is 1. The van der Waals surface area contributed by atoms with Crippen LogP contribution < -0.4 is 10.1 Å². The average Bonchev–Trinajstić information content (AvgIpc) is 3.32. The van der Waals surface area contributed by atoms with Crippen LogP contribution in [0.25, 0.3) is 5.69 Å². The Kier molecular flexibility index (Phi) is 7.28. The molecule has 0 spiro atoms. The Morgan fingerprint density at radius 1 is 1.18 bits per heavy atom. The number of anilines is 1. The van der Waals surface area contributed by atoms with Gasteiger partial charge in [0.25, 0.3) is 0 Å². The predicted molar refractivity (Wildman–Crippen MR) is 123 cm³/mol. The zero-order valence-electron chi connectivity index (χ0n) is 17.9. The summed E-state index contributed by atoms with van der Waals surface area (Å²) in [6.45, 7) is 1.27. The molecule has 0 unspecified atom stereocenters. The molecule has 1 aliphatic heterocycles. The Morgan fingerprint density at radius 3 is 2.67 bits per heavy atom. The summed E-state index contributed by atoms with van der Waals surface area (Å²) in [7, 11) is -2.25. The minimum absolute atomic E-state index is 0.0507. The smallest absolute Gasteiger partial charge is 0.243 e. The SMILES string of the molecule is COc1ccc(S(=O)(=O)N2CCOCC2)cc1NC(=O)CSc1nncn1-c1ccccc1. The number of methoxy groups -OCH3 is 1. The fourth-order valence-electron chi connectivity index (χ4n) is 3.29. The van der Waals surface area contributed by atoms with Crippen molar-refractivity contribution in [2.45, 2.75) is 10.1 Å². The highest BCUT2D eigenvalue weighted by Gasteiger charge is 2.27. The third kappa shape index (κ3) is 5.36. The molecule has 1 aliphatic rings. The maximum Gasteiger partial charge on any atom is 0.243 e. The minimum atomic E-state index is -3.71. The third-order valence-corrected chi connectivity index (χ3v) is 7.77. The molecule has 1 fully saturated rings. The van der Waals surface area contributed by atoms with Crippen LogP contribution in [0.3, 0.4) is 0 Å². The number of ether oxygens (including phenoxy) is 2. The van der Waals surface area contributed by atoms with Crippen LogP contribution in [0.15, 0.2) is 64.9 Å². The van der Waals surface area contributed by atoms with Crippen molar-refractivity contribution in [2.75, 3.05) is 44.5 Å². The van der Waals surface area contributed by atoms with Crippen LogP contribution in [0.5, 0.6) is 5.75 Å². The molecule has 33 heavy (non-hydrogen) atoms. The van der Waals surface area contributed by atoms with Gasteiger partial charge in [-0.3, -0.25) is 9.36 Å². The Labute approximate surface area is 196 Å². The van der Waals surface area contributed by atoms with Crippen molar-refractivity contribution in [3.05, 3.63) is 54.9 Å². The number of thioether (sulfide) groups is 1. The molecule has 1 aromatic heterocycles. The molecule has 2 heterocycles. The zero-order chi connectivity index (χ0) is 23.3. The first kappa shape index (κ1) is 23.2. The van der Waals surface area contributed by atoms with E-state index < -0.39 is 10.0 Å². The van der Waals surface area contributed by atoms with Gasteiger partial charge in [0.1, 0.15) is 12.1 Å². The van der Waals surface area contributed by atoms with Crippen molar-refractivity contribution in [2.24, 2.45) is 0 Å². The molecule has 3 aromatic rings. The first-order chi connectivity index (χ1) is 16.0. The van der Waals surface area contributed by atoms with Crippen LogP contribution in [-0.2, 0) is 19.6 Å². The van der Waals surface area contributed by atoms with Crippen LogP contribution in [-0.4, -0.2) is 72.6 Å². The summed E-state index contributed by atoms with van der Waals surface area (Å²) < 4.78 is 39.7. The van der Waals surface area contributed by atoms with Crippen LogP contribution in [0.4, 0.5) is 5.69 Å². The van der Waals surface area contributed by atoms with Crippen molar-refractivity contribution < 1.29 is 22.7 Å². The van der Waals surface area contributed by atoms with Crippen molar-refractivity contribution in [3.63, 3.8) is 0 Å². The number of hydrogen-bond acceptors (Lipinski definition) is 8. The van der Waals surface area contributed by atoms with E-state index in [9.17, 15) is 13.2 Å². The number of nitrogens with zero attached hydrogens (tertiary/aromatic N) is 4. The summed E-state index contributed by atoms with van der Waals surface area (Å²) in [5.41, 5.74) is 1.16. The van der Waals surface area contributed by atoms with Gasteiger partial charge in [-0.1, -0.05) is 30.0 Å². The molecule has 0 atom stereocenters. The van der Waals surface area contributed by atoms with Gasteiger partial charge in [-0.15, -0.1) is 10.2 Å². The number of amides is 1. The Morgan fingerprint density at radius 2 is 1.94 bits per heavy atom. The number of carbonyl (C=O) groups excluding carboxylic acids is 1. The minimum Gasteiger partial charge on any atom is -0.495 e. The number of rotatable bonds is 8. The highest BCUT2D eigenvalue weighted by molar-refractivity contribution is 7.99. The number of aromatic nitrogens is 3. The number of benzene rings is 2. The number of hydrogen-bond donors (Lipinski definition) is 1. The topological polar surface area (TPSA) is 116 Å². The number of sulfonamides is 1. The van der Waals surface area contributed by atoms with E-state index in [1.54, 1.807) is 10.9 Å². The number of nitrogens with one attached hydrogen (secondary N) is 1. The van der Waals surface area contributed by atoms with Gasteiger partial charge in [0.05, 0.1) is 36.7 Å². The fourth-order valence-corrected chi connectivity index (χ4v) is 5.45. The molecular weight excluding hydrogens is 466 g/mol. The van der Waals surface area contributed by atoms with Crippen molar-refractivity contribution in [1.29, 1.82) is 0 Å². The summed E-state index contributed by atoms with van der Waals surface area (Å²) in [5, 5.41) is 11.3. The van der Waals surface area contributed by atoms with Gasteiger partial charge >= 0.3 is 0 Å². The number of carbonyl (C=O) groups is 1. The largest absolute Gasteiger partial charge is 0.495 e. The average molecular weight is 490 g/mol. The van der Waals surface area contributed by atoms with E-state index in [2.05, 4.69) is 15.5 Å². The van der Waals surface area contributed by atoms with Crippen molar-refractivity contribution >= 4 is 33.4 Å². The van der Waals surface area contributed by atoms with Gasteiger partial charge in [-0.05, 0) is 30.3 Å². The lowest BCUT2D eigenvalue weighted by Gasteiger charge is -2.26. The van der Waals surface area contributed by atoms with E-state index in [4.69, 9.17) is 9.47 Å². The monoisotopic (exact) mass is 489 g/mol. The van der Waals surface area contributed by atoms with Gasteiger partial charge < -0.3 is 14.8 Å². The molecular formula is C21H23N5O5S2. The summed E-state index contributed by atoms with van der Waals surface area (Å²) in [4.78, 5) is 12.7. The molecule has 4 rings (SSSR count). The fraction of sp³-hybridized carbons (Fsp3) is 0.286. The summed E-state index contributed by atoms with van der Waals surface area (Å²) in [5.74, 6) is 0.0818. The second-order valence-corrected chi connectivity index (χ2v) is 9.91. The second kappa shape index (κ2) is 10.3. The van der Waals surface area contributed by atoms with E-state index in [0.717, 1.165) is 5.69 Å². The lowest BCUT2D eigenvalue weighted by molar-refractivity contribution is -0.113. The maximum atomic E-state index is 13.0. The predicted octanol–water partition coefficient (Wildman–Crippen LogP) is 2.03. The highest BCUT2D eigenvalue weighted by atomic mass is 32.2. The van der Waals surface area contributed by atoms with Gasteiger partial charge in [0.15, 0.2) is 5.16 Å². The summed E-state index contributed by atoms with van der Waals surface area (Å²) in [6.07, 6.45) is 1.58. The third-order valence-electron chi connectivity index (χ3n) is 4.94. The molecule has 2 aromatic carbocycles.